The Balaban J connectivity index is 0.000000176. The van der Waals surface area contributed by atoms with Crippen LogP contribution in [0, 0.1) is 0 Å². The summed E-state index contributed by atoms with van der Waals surface area (Å²) >= 11 is 16.3. The Labute approximate surface area is 566 Å². The van der Waals surface area contributed by atoms with E-state index in [-0.39, 0.29) is 61.4 Å². The van der Waals surface area contributed by atoms with Crippen LogP contribution < -0.4 is 73.7 Å². The molecule has 4 aromatic rings. The Morgan fingerprint density at radius 2 is 1.02 bits per heavy atom. The highest BCUT2D eigenvalue weighted by molar-refractivity contribution is 8.00. The number of thioether (sulfide) groups is 2. The summed E-state index contributed by atoms with van der Waals surface area (Å²) in [5.41, 5.74) is 7.09. The van der Waals surface area contributed by atoms with Crippen LogP contribution in [0.4, 0.5) is 56.7 Å². The fourth-order valence-corrected chi connectivity index (χ4v) is 15.7. The number of nitrogens with zero attached hydrogens (tertiary/aromatic N) is 7. The minimum Gasteiger partial charge on any atom is -0.495 e. The fraction of sp³-hybridized carbons (Fsp3) is 0.613. The summed E-state index contributed by atoms with van der Waals surface area (Å²) in [6, 6.07) is 12.2. The zero-order valence-corrected chi connectivity index (χ0v) is 56.5. The molecule has 7 aliphatic rings. The molecule has 6 unspecified atom stereocenters. The van der Waals surface area contributed by atoms with Gasteiger partial charge in [0.15, 0.2) is 0 Å². The van der Waals surface area contributed by atoms with Gasteiger partial charge in [-0.05, 0) is 87.8 Å². The van der Waals surface area contributed by atoms with Gasteiger partial charge in [-0.1, -0.05) is 87.4 Å². The normalized spacial score (nSPS) is 21.6. The van der Waals surface area contributed by atoms with E-state index in [0.717, 1.165) is 80.7 Å². The monoisotopic (exact) mass is 1380 g/mol. The predicted octanol–water partition coefficient (Wildman–Crippen LogP) is 8.77. The smallest absolute Gasteiger partial charge is 0.333 e. The Bertz CT molecular complexity index is 3170. The van der Waals surface area contributed by atoms with Crippen molar-refractivity contribution in [3.8, 4) is 11.5 Å². The predicted molar refractivity (Wildman–Crippen MR) is 367 cm³/mol. The Morgan fingerprint density at radius 3 is 1.48 bits per heavy atom. The molecule has 28 nitrogen and oxygen atoms in total. The summed E-state index contributed by atoms with van der Waals surface area (Å²) in [4.78, 5) is 102. The van der Waals surface area contributed by atoms with Crippen molar-refractivity contribution >= 4 is 130 Å². The van der Waals surface area contributed by atoms with Crippen LogP contribution in [0.3, 0.4) is 0 Å². The van der Waals surface area contributed by atoms with Crippen molar-refractivity contribution in [2.24, 2.45) is 5.73 Å². The maximum absolute atomic E-state index is 12.4. The molecule has 2 aromatic carbocycles. The number of benzene rings is 2. The van der Waals surface area contributed by atoms with Crippen LogP contribution in [-0.2, 0) is 24.0 Å². The second-order valence-electron chi connectivity index (χ2n) is 24.0. The molecule has 512 valence electrons. The van der Waals surface area contributed by atoms with Gasteiger partial charge in [-0.3, -0.25) is 14.4 Å². The van der Waals surface area contributed by atoms with Crippen LogP contribution in [0.2, 0.25) is 10.0 Å². The minimum atomic E-state index is -0.554. The number of anilines is 8. The molecule has 2 aromatic heterocycles. The molecule has 11 rings (SSSR count). The first-order valence-electron chi connectivity index (χ1n) is 32.8. The quantitative estimate of drug-likeness (QED) is 0.0109. The number of carbonyl (C=O) groups excluding carboxylic acids is 6. The number of ether oxygens (including phenoxy) is 2. The molecular weight excluding hydrogens is 1290 g/mol. The van der Waals surface area contributed by atoms with Gasteiger partial charge in [-0.15, -0.1) is 5.06 Å². The van der Waals surface area contributed by atoms with Crippen LogP contribution in [0.5, 0.6) is 11.5 Å². The number of aromatic nitrogens is 6. The van der Waals surface area contributed by atoms with Crippen LogP contribution >= 0.6 is 46.7 Å². The van der Waals surface area contributed by atoms with Gasteiger partial charge in [-0.2, -0.15) is 53.4 Å². The summed E-state index contributed by atoms with van der Waals surface area (Å²) < 4.78 is 10.4. The fourth-order valence-electron chi connectivity index (χ4n) is 12.1. The first kappa shape index (κ1) is 71.0. The molecule has 0 radical (unpaired) electrons. The second-order valence-corrected chi connectivity index (χ2v) is 27.4. The third-order valence-electron chi connectivity index (χ3n) is 17.0. The number of urea groups is 2. The number of halogens is 2. The van der Waals surface area contributed by atoms with E-state index in [1.807, 2.05) is 35.7 Å². The molecule has 0 spiro atoms. The highest BCUT2D eigenvalue weighted by atomic mass is 35.5. The van der Waals surface area contributed by atoms with Crippen molar-refractivity contribution in [1.29, 1.82) is 0 Å². The van der Waals surface area contributed by atoms with Crippen molar-refractivity contribution in [3.63, 3.8) is 0 Å². The SMILES string of the molecule is COc1ccc(Nc2nc(NCCN)nc(NC3CCCCCC3)n2)cc1Cl.COc1ccc(Nc2nc(NCCNC(=O)CCCCC3SCC4NC(=O)NC43)nc(NC3CCCCCC3)n2)cc1Cl.O=C1NC2CSC(CCCCC(=O)ON3C(=O)CCC3=O)C2N1. The van der Waals surface area contributed by atoms with Crippen molar-refractivity contribution in [1.82, 2.24) is 61.6 Å². The lowest BCUT2D eigenvalue weighted by Gasteiger charge is -2.17. The number of amides is 7. The zero-order chi connectivity index (χ0) is 66.2. The number of unbranched alkanes of at least 4 members (excludes halogenated alkanes) is 2. The largest absolute Gasteiger partial charge is 0.495 e. The first-order chi connectivity index (χ1) is 45.7. The summed E-state index contributed by atoms with van der Waals surface area (Å²) in [6.07, 6.45) is 20.4. The molecule has 5 saturated heterocycles. The highest BCUT2D eigenvalue weighted by Gasteiger charge is 2.44. The number of rotatable bonds is 28. The molecule has 2 saturated carbocycles. The van der Waals surface area contributed by atoms with Gasteiger partial charge in [0.25, 0.3) is 11.8 Å². The van der Waals surface area contributed by atoms with E-state index >= 15 is 0 Å². The van der Waals surface area contributed by atoms with Crippen LogP contribution in [0.15, 0.2) is 36.4 Å². The van der Waals surface area contributed by atoms with Crippen LogP contribution in [0.1, 0.15) is 141 Å². The van der Waals surface area contributed by atoms with Gasteiger partial charge >= 0.3 is 18.0 Å². The zero-order valence-electron chi connectivity index (χ0n) is 53.3. The molecule has 7 fully saturated rings. The summed E-state index contributed by atoms with van der Waals surface area (Å²) in [5, 5.41) is 36.9. The molecule has 32 heteroatoms. The van der Waals surface area contributed by atoms with Crippen molar-refractivity contribution in [3.05, 3.63) is 46.4 Å². The van der Waals surface area contributed by atoms with Crippen LogP contribution in [-0.4, -0.2) is 169 Å². The first-order valence-corrected chi connectivity index (χ1v) is 35.7. The highest BCUT2D eigenvalue weighted by Crippen LogP contribution is 2.36. The van der Waals surface area contributed by atoms with E-state index in [1.165, 1.54) is 51.4 Å². The minimum absolute atomic E-state index is 0.0275. The van der Waals surface area contributed by atoms with Crippen LogP contribution in [0.25, 0.3) is 0 Å². The number of methoxy groups -OCH3 is 2. The van der Waals surface area contributed by atoms with E-state index in [2.05, 4.69) is 88.4 Å². The standard InChI is InChI=1S/C29H42ClN9O3S.C19H28ClN7O.C14H19N3O5S/c1-42-22-13-12-19(16-20(22)30)34-28-38-26(37-27(39-28)33-18-8-4-2-3-5-9-18)32-15-14-31-24(40)11-7-6-10-23-25-21(17-43-23)35-29(41)36-25;1-28-16-9-8-14(12-15(16)20)24-19-26-17(22-11-10-21)25-18(27-19)23-13-6-4-2-3-5-7-13;18-10-5-6-11(19)17(10)22-12(20)4-2-1-3-9-13-8(7-23-9)15-14(21)16-13/h12-13,16,18,21,23,25H,2-11,14-15,17H2,1H3,(H,31,40)(H2,35,36,41)(H3,32,33,34,37,38,39);8-9,12-13H,2-7,10-11,21H2,1H3,(H3,22,23,24,25,26,27);8-9,13H,1-7H2,(H2,15,16,21). The number of nitrogens with two attached hydrogens (primary N) is 1. The molecular formula is C62H89Cl2N19O9S2. The summed E-state index contributed by atoms with van der Waals surface area (Å²) in [6.45, 7) is 2.00. The van der Waals surface area contributed by atoms with E-state index in [4.69, 9.17) is 43.2 Å². The van der Waals surface area contributed by atoms with Gasteiger partial charge in [0.1, 0.15) is 11.5 Å². The number of nitrogens with one attached hydrogen (secondary N) is 11. The molecule has 7 heterocycles. The second kappa shape index (κ2) is 36.6. The molecule has 6 atom stereocenters. The Morgan fingerprint density at radius 1 is 0.574 bits per heavy atom. The molecule has 0 bridgehead atoms. The number of hydrogen-bond acceptors (Lipinski definition) is 24. The Kier molecular flexibility index (Phi) is 27.6. The van der Waals surface area contributed by atoms with Crippen molar-refractivity contribution in [2.75, 3.05) is 83.8 Å². The molecule has 13 N–H and O–H groups in total. The lowest BCUT2D eigenvalue weighted by atomic mass is 10.0. The molecule has 94 heavy (non-hydrogen) atoms. The number of imide groups is 1. The number of fused-ring (bicyclic) bond motifs is 2. The third-order valence-corrected chi connectivity index (χ3v) is 20.6. The maximum atomic E-state index is 12.4. The van der Waals surface area contributed by atoms with Crippen molar-refractivity contribution in [2.45, 2.75) is 188 Å². The van der Waals surface area contributed by atoms with E-state index in [9.17, 15) is 28.8 Å². The lowest BCUT2D eigenvalue weighted by Crippen LogP contribution is -2.36. The average Bonchev–Trinajstić information content (AvgIpc) is 1.87. The Hall–Kier alpha value is -7.28. The molecule has 2 aliphatic carbocycles. The van der Waals surface area contributed by atoms with E-state index in [0.29, 0.717) is 124 Å². The van der Waals surface area contributed by atoms with Gasteiger partial charge in [0.2, 0.25) is 41.6 Å². The summed E-state index contributed by atoms with van der Waals surface area (Å²) in [7, 11) is 3.16. The van der Waals surface area contributed by atoms with Gasteiger partial charge in [0, 0.05) is 97.3 Å². The number of hydroxylamine groups is 2. The maximum Gasteiger partial charge on any atom is 0.333 e. The topological polar surface area (TPSA) is 369 Å². The van der Waals surface area contributed by atoms with Crippen molar-refractivity contribution < 1.29 is 43.1 Å². The van der Waals surface area contributed by atoms with Gasteiger partial charge in [-0.25, -0.2) is 14.4 Å². The number of carbonyl (C=O) groups is 6. The lowest BCUT2D eigenvalue weighted by molar-refractivity contribution is -0.197. The average molecular weight is 1380 g/mol. The third kappa shape index (κ3) is 21.9. The molecule has 7 amide bonds. The number of hydrogen-bond donors (Lipinski definition) is 12. The van der Waals surface area contributed by atoms with E-state index in [1.54, 1.807) is 38.5 Å². The summed E-state index contributed by atoms with van der Waals surface area (Å²) in [5.74, 6) is 4.42. The van der Waals surface area contributed by atoms with E-state index < -0.39 is 17.8 Å². The molecule has 5 aliphatic heterocycles. The van der Waals surface area contributed by atoms with Gasteiger partial charge < -0.3 is 78.5 Å². The van der Waals surface area contributed by atoms with Gasteiger partial charge in [0.05, 0.1) is 48.4 Å².